The number of imidazole rings is 1. The lowest BCUT2D eigenvalue weighted by molar-refractivity contribution is -0.122. The fourth-order valence-electron chi connectivity index (χ4n) is 1.91. The summed E-state index contributed by atoms with van der Waals surface area (Å²) in [5.74, 6) is 0.731. The minimum Gasteiger partial charge on any atom is -0.345 e. The minimum atomic E-state index is -0.0853. The highest BCUT2D eigenvalue weighted by Crippen LogP contribution is 2.12. The van der Waals surface area contributed by atoms with Gasteiger partial charge in [-0.05, 0) is 25.8 Å². The molecule has 0 aliphatic rings. The number of hydrogen-bond acceptors (Lipinski definition) is 3. The number of aromatic nitrogens is 4. The van der Waals surface area contributed by atoms with Gasteiger partial charge in [-0.2, -0.15) is 5.10 Å². The molecule has 0 aromatic carbocycles. The van der Waals surface area contributed by atoms with E-state index in [1.807, 2.05) is 27.0 Å². The fraction of sp³-hybridized carbons (Fsp3) is 0.462. The SMILES string of the molecule is CCC(NC(=O)Cn1cc(C)cn1)c1ncc(C)[nH]1. The molecule has 2 aromatic rings. The summed E-state index contributed by atoms with van der Waals surface area (Å²) < 4.78 is 1.63. The van der Waals surface area contributed by atoms with Crippen LogP contribution < -0.4 is 5.32 Å². The van der Waals surface area contributed by atoms with Crippen LogP contribution in [0.4, 0.5) is 0 Å². The maximum atomic E-state index is 12.0. The van der Waals surface area contributed by atoms with Gasteiger partial charge in [0.2, 0.25) is 5.91 Å². The van der Waals surface area contributed by atoms with E-state index in [9.17, 15) is 4.79 Å². The first-order valence-electron chi connectivity index (χ1n) is 6.38. The predicted molar refractivity (Wildman–Crippen MR) is 71.5 cm³/mol. The number of nitrogens with one attached hydrogen (secondary N) is 2. The Kier molecular flexibility index (Phi) is 3.99. The summed E-state index contributed by atoms with van der Waals surface area (Å²) in [7, 11) is 0. The molecule has 0 spiro atoms. The first kappa shape index (κ1) is 13.3. The molecular weight excluding hydrogens is 242 g/mol. The molecule has 19 heavy (non-hydrogen) atoms. The Hall–Kier alpha value is -2.11. The van der Waals surface area contributed by atoms with E-state index in [4.69, 9.17) is 0 Å². The van der Waals surface area contributed by atoms with Crippen LogP contribution in [0.3, 0.4) is 0 Å². The molecule has 102 valence electrons. The molecule has 6 heteroatoms. The van der Waals surface area contributed by atoms with Gasteiger partial charge in [0.1, 0.15) is 12.4 Å². The van der Waals surface area contributed by atoms with E-state index in [-0.39, 0.29) is 18.5 Å². The van der Waals surface area contributed by atoms with Crippen molar-refractivity contribution in [3.05, 3.63) is 35.7 Å². The summed E-state index contributed by atoms with van der Waals surface area (Å²) >= 11 is 0. The number of H-pyrrole nitrogens is 1. The van der Waals surface area contributed by atoms with Gasteiger partial charge in [0, 0.05) is 18.1 Å². The second kappa shape index (κ2) is 5.69. The second-order valence-electron chi connectivity index (χ2n) is 4.70. The Morgan fingerprint density at radius 2 is 2.26 bits per heavy atom. The Morgan fingerprint density at radius 3 is 2.79 bits per heavy atom. The van der Waals surface area contributed by atoms with Gasteiger partial charge in [-0.25, -0.2) is 4.98 Å². The lowest BCUT2D eigenvalue weighted by Crippen LogP contribution is -2.32. The van der Waals surface area contributed by atoms with Gasteiger partial charge in [0.25, 0.3) is 0 Å². The zero-order valence-electron chi connectivity index (χ0n) is 11.5. The number of amides is 1. The summed E-state index contributed by atoms with van der Waals surface area (Å²) in [4.78, 5) is 19.4. The third-order valence-electron chi connectivity index (χ3n) is 2.86. The van der Waals surface area contributed by atoms with Crippen molar-refractivity contribution in [2.45, 2.75) is 39.8 Å². The van der Waals surface area contributed by atoms with Crippen molar-refractivity contribution in [1.29, 1.82) is 0 Å². The summed E-state index contributed by atoms with van der Waals surface area (Å²) in [5.41, 5.74) is 2.03. The minimum absolute atomic E-state index is 0.0657. The van der Waals surface area contributed by atoms with Crippen molar-refractivity contribution >= 4 is 5.91 Å². The van der Waals surface area contributed by atoms with E-state index in [0.29, 0.717) is 0 Å². The Morgan fingerprint density at radius 1 is 1.47 bits per heavy atom. The van der Waals surface area contributed by atoms with E-state index in [1.165, 1.54) is 0 Å². The highest BCUT2D eigenvalue weighted by Gasteiger charge is 2.15. The van der Waals surface area contributed by atoms with Crippen LogP contribution in [0.1, 0.15) is 36.5 Å². The third kappa shape index (κ3) is 3.43. The lowest BCUT2D eigenvalue weighted by Gasteiger charge is -2.14. The molecule has 2 heterocycles. The van der Waals surface area contributed by atoms with Crippen LogP contribution in [0, 0.1) is 13.8 Å². The van der Waals surface area contributed by atoms with Gasteiger partial charge in [0.05, 0.1) is 12.2 Å². The number of aryl methyl sites for hydroxylation is 2. The van der Waals surface area contributed by atoms with Crippen molar-refractivity contribution < 1.29 is 4.79 Å². The zero-order chi connectivity index (χ0) is 13.8. The molecule has 0 fully saturated rings. The number of carbonyl (C=O) groups excluding carboxylic acids is 1. The number of aromatic amines is 1. The summed E-state index contributed by atoms with van der Waals surface area (Å²) in [6.45, 7) is 6.13. The van der Waals surface area contributed by atoms with Crippen molar-refractivity contribution in [1.82, 2.24) is 25.1 Å². The first-order chi connectivity index (χ1) is 9.08. The van der Waals surface area contributed by atoms with Crippen molar-refractivity contribution in [2.75, 3.05) is 0 Å². The molecule has 0 saturated heterocycles. The largest absolute Gasteiger partial charge is 0.345 e. The summed E-state index contributed by atoms with van der Waals surface area (Å²) in [5, 5.41) is 7.06. The molecule has 1 atom stereocenters. The van der Waals surface area contributed by atoms with E-state index < -0.39 is 0 Å². The van der Waals surface area contributed by atoms with Crippen molar-refractivity contribution in [3.63, 3.8) is 0 Å². The second-order valence-corrected chi connectivity index (χ2v) is 4.70. The van der Waals surface area contributed by atoms with E-state index >= 15 is 0 Å². The van der Waals surface area contributed by atoms with Crippen LogP contribution in [0.25, 0.3) is 0 Å². The summed E-state index contributed by atoms with van der Waals surface area (Å²) in [6.07, 6.45) is 6.13. The van der Waals surface area contributed by atoms with Crippen LogP contribution in [0.15, 0.2) is 18.6 Å². The molecule has 1 amide bonds. The van der Waals surface area contributed by atoms with E-state index in [1.54, 1.807) is 17.1 Å². The van der Waals surface area contributed by atoms with Gasteiger partial charge in [-0.1, -0.05) is 6.92 Å². The van der Waals surface area contributed by atoms with Gasteiger partial charge in [0.15, 0.2) is 0 Å². The van der Waals surface area contributed by atoms with Gasteiger partial charge >= 0.3 is 0 Å². The number of rotatable bonds is 5. The number of hydrogen-bond donors (Lipinski definition) is 2. The molecule has 0 saturated carbocycles. The van der Waals surface area contributed by atoms with Crippen molar-refractivity contribution in [3.8, 4) is 0 Å². The predicted octanol–water partition coefficient (Wildman–Crippen LogP) is 1.49. The number of nitrogens with zero attached hydrogens (tertiary/aromatic N) is 3. The Labute approximate surface area is 112 Å². The lowest BCUT2D eigenvalue weighted by atomic mass is 10.2. The first-order valence-corrected chi connectivity index (χ1v) is 6.38. The van der Waals surface area contributed by atoms with Crippen LogP contribution in [0.5, 0.6) is 0 Å². The van der Waals surface area contributed by atoms with Crippen molar-refractivity contribution in [2.24, 2.45) is 0 Å². The van der Waals surface area contributed by atoms with E-state index in [0.717, 1.165) is 23.5 Å². The van der Waals surface area contributed by atoms with E-state index in [2.05, 4.69) is 20.4 Å². The molecule has 2 aromatic heterocycles. The van der Waals surface area contributed by atoms with Gasteiger partial charge in [-0.3, -0.25) is 9.48 Å². The molecule has 1 unspecified atom stereocenters. The van der Waals surface area contributed by atoms with Gasteiger partial charge in [-0.15, -0.1) is 0 Å². The third-order valence-corrected chi connectivity index (χ3v) is 2.86. The Bertz CT molecular complexity index is 557. The highest BCUT2D eigenvalue weighted by atomic mass is 16.2. The van der Waals surface area contributed by atoms with Crippen LogP contribution in [0.2, 0.25) is 0 Å². The molecule has 2 N–H and O–H groups in total. The monoisotopic (exact) mass is 261 g/mol. The fourth-order valence-corrected chi connectivity index (χ4v) is 1.91. The average Bonchev–Trinajstić information content (AvgIpc) is 2.95. The topological polar surface area (TPSA) is 75.6 Å². The normalized spacial score (nSPS) is 12.4. The molecule has 0 aliphatic heterocycles. The zero-order valence-corrected chi connectivity index (χ0v) is 11.5. The molecule has 0 aliphatic carbocycles. The maximum absolute atomic E-state index is 12.0. The van der Waals surface area contributed by atoms with Gasteiger partial charge < -0.3 is 10.3 Å². The highest BCUT2D eigenvalue weighted by molar-refractivity contribution is 5.76. The Balaban J connectivity index is 1.96. The number of carbonyl (C=O) groups is 1. The molecule has 6 nitrogen and oxygen atoms in total. The smallest absolute Gasteiger partial charge is 0.242 e. The summed E-state index contributed by atoms with van der Waals surface area (Å²) in [6, 6.07) is -0.0853. The van der Waals surface area contributed by atoms with Crippen LogP contribution in [-0.4, -0.2) is 25.7 Å². The molecule has 2 rings (SSSR count). The van der Waals surface area contributed by atoms with Crippen LogP contribution >= 0.6 is 0 Å². The average molecular weight is 261 g/mol. The molecule has 0 radical (unpaired) electrons. The molecular formula is C13H19N5O. The molecule has 0 bridgehead atoms. The standard InChI is InChI=1S/C13H19N5O/c1-4-11(13-14-6-10(3)16-13)17-12(19)8-18-7-9(2)5-15-18/h5-7,11H,4,8H2,1-3H3,(H,14,16)(H,17,19). The maximum Gasteiger partial charge on any atom is 0.242 e. The quantitative estimate of drug-likeness (QED) is 0.856. The van der Waals surface area contributed by atoms with Crippen LogP contribution in [-0.2, 0) is 11.3 Å².